The molecule has 2 aromatic rings. The Bertz CT molecular complexity index is 975. The van der Waals surface area contributed by atoms with Crippen LogP contribution in [0.3, 0.4) is 0 Å². The highest BCUT2D eigenvalue weighted by molar-refractivity contribution is 9.10. The van der Waals surface area contributed by atoms with Crippen molar-refractivity contribution >= 4 is 33.8 Å². The lowest BCUT2D eigenvalue weighted by Gasteiger charge is -2.36. The molecule has 2 heterocycles. The first-order valence-corrected chi connectivity index (χ1v) is 10.5. The van der Waals surface area contributed by atoms with Gasteiger partial charge in [-0.15, -0.1) is 0 Å². The van der Waals surface area contributed by atoms with Crippen LogP contribution in [0.1, 0.15) is 29.7 Å². The van der Waals surface area contributed by atoms with Gasteiger partial charge in [0.05, 0.1) is 6.61 Å². The number of fused-ring (bicyclic) bond motifs is 1. The Morgan fingerprint density at radius 3 is 2.79 bits per heavy atom. The lowest BCUT2D eigenvalue weighted by Crippen LogP contribution is -2.53. The van der Waals surface area contributed by atoms with Crippen molar-refractivity contribution in [2.75, 3.05) is 13.2 Å². The van der Waals surface area contributed by atoms with Crippen LogP contribution in [0.4, 0.5) is 0 Å². The third-order valence-electron chi connectivity index (χ3n) is 5.26. The number of amides is 1. The molecule has 29 heavy (non-hydrogen) atoms. The first kappa shape index (κ1) is 19.6. The molecule has 2 aliphatic heterocycles. The minimum atomic E-state index is -1.01. The van der Waals surface area contributed by atoms with E-state index in [9.17, 15) is 9.59 Å². The molecule has 0 saturated heterocycles. The van der Waals surface area contributed by atoms with Gasteiger partial charge in [-0.05, 0) is 42.2 Å². The van der Waals surface area contributed by atoms with E-state index in [1.165, 1.54) is 11.1 Å². The number of hydrogen-bond acceptors (Lipinski definition) is 5. The molecule has 0 radical (unpaired) electrons. The van der Waals surface area contributed by atoms with Crippen LogP contribution < -0.4 is 5.32 Å². The fraction of sp³-hybridized carbons (Fsp3) is 0.318. The number of carbonyl (C=O) groups excluding carboxylic acids is 2. The lowest BCUT2D eigenvalue weighted by atomic mass is 9.91. The zero-order valence-corrected chi connectivity index (χ0v) is 17.7. The van der Waals surface area contributed by atoms with Gasteiger partial charge in [-0.2, -0.15) is 0 Å². The molecule has 7 heteroatoms. The summed E-state index contributed by atoms with van der Waals surface area (Å²) in [4.78, 5) is 32.4. The Morgan fingerprint density at radius 2 is 2.03 bits per heavy atom. The van der Waals surface area contributed by atoms with E-state index >= 15 is 0 Å². The second kappa shape index (κ2) is 8.37. The normalized spacial score (nSPS) is 21.1. The van der Waals surface area contributed by atoms with Gasteiger partial charge in [0.2, 0.25) is 11.9 Å². The summed E-state index contributed by atoms with van der Waals surface area (Å²) in [5.41, 5.74) is 3.34. The number of nitrogens with zero attached hydrogens (tertiary/aromatic N) is 2. The number of nitrogens with one attached hydrogen (secondary N) is 1. The van der Waals surface area contributed by atoms with Crippen LogP contribution in [0, 0.1) is 5.92 Å². The Morgan fingerprint density at radius 1 is 1.24 bits per heavy atom. The molecule has 6 nitrogen and oxygen atoms in total. The highest BCUT2D eigenvalue weighted by Gasteiger charge is 2.42. The van der Waals surface area contributed by atoms with Crippen LogP contribution in [-0.4, -0.2) is 35.9 Å². The topological polar surface area (TPSA) is 71.0 Å². The number of guanidine groups is 1. The van der Waals surface area contributed by atoms with Gasteiger partial charge in [-0.3, -0.25) is 14.9 Å². The SMILES string of the molecule is CCOC(=O)C1C(=O)NC(N2CCc3ccccc3C2)=NC1c1cccc(Br)c1. The van der Waals surface area contributed by atoms with Crippen LogP contribution in [-0.2, 0) is 27.3 Å². The van der Waals surface area contributed by atoms with E-state index in [1.54, 1.807) is 6.92 Å². The largest absolute Gasteiger partial charge is 0.465 e. The van der Waals surface area contributed by atoms with Crippen molar-refractivity contribution in [2.45, 2.75) is 25.9 Å². The van der Waals surface area contributed by atoms with Gasteiger partial charge in [0.15, 0.2) is 5.92 Å². The predicted molar refractivity (Wildman–Crippen MR) is 113 cm³/mol. The quantitative estimate of drug-likeness (QED) is 0.569. The summed E-state index contributed by atoms with van der Waals surface area (Å²) in [5, 5.41) is 2.85. The van der Waals surface area contributed by atoms with Crippen LogP contribution in [0.25, 0.3) is 0 Å². The number of carbonyl (C=O) groups is 2. The molecule has 0 saturated carbocycles. The van der Waals surface area contributed by atoms with Gasteiger partial charge in [-0.25, -0.2) is 4.99 Å². The molecule has 0 aromatic heterocycles. The van der Waals surface area contributed by atoms with E-state index < -0.39 is 17.9 Å². The molecule has 1 amide bonds. The van der Waals surface area contributed by atoms with Gasteiger partial charge in [0.1, 0.15) is 6.04 Å². The highest BCUT2D eigenvalue weighted by atomic mass is 79.9. The van der Waals surface area contributed by atoms with Gasteiger partial charge in [-0.1, -0.05) is 52.3 Å². The minimum Gasteiger partial charge on any atom is -0.465 e. The van der Waals surface area contributed by atoms with E-state index in [0.717, 1.165) is 23.0 Å². The molecular weight excluding hydrogens is 434 g/mol. The Labute approximate surface area is 178 Å². The van der Waals surface area contributed by atoms with E-state index in [4.69, 9.17) is 9.73 Å². The highest BCUT2D eigenvalue weighted by Crippen LogP contribution is 2.33. The minimum absolute atomic E-state index is 0.216. The van der Waals surface area contributed by atoms with Crippen LogP contribution in [0.2, 0.25) is 0 Å². The summed E-state index contributed by atoms with van der Waals surface area (Å²) < 4.78 is 6.03. The van der Waals surface area contributed by atoms with Crippen molar-refractivity contribution in [2.24, 2.45) is 10.9 Å². The standard InChI is InChI=1S/C22H22BrN3O3/c1-2-29-21(28)18-19(15-8-5-9-17(23)12-15)24-22(25-20(18)27)26-11-10-14-6-3-4-7-16(14)13-26/h3-9,12,18-19H,2,10-11,13H2,1H3,(H,24,25,27). The molecule has 0 fully saturated rings. The molecular formula is C22H22BrN3O3. The molecule has 2 atom stereocenters. The van der Waals surface area contributed by atoms with Crippen LogP contribution in [0.15, 0.2) is 58.0 Å². The van der Waals surface area contributed by atoms with E-state index in [-0.39, 0.29) is 12.5 Å². The smallest absolute Gasteiger partial charge is 0.321 e. The summed E-state index contributed by atoms with van der Waals surface area (Å²) in [6, 6.07) is 15.2. The summed E-state index contributed by atoms with van der Waals surface area (Å²) in [6.07, 6.45) is 0.883. The fourth-order valence-electron chi connectivity index (χ4n) is 3.83. The summed E-state index contributed by atoms with van der Waals surface area (Å²) >= 11 is 3.47. The van der Waals surface area contributed by atoms with Gasteiger partial charge in [0, 0.05) is 17.6 Å². The number of esters is 1. The zero-order chi connectivity index (χ0) is 20.4. The summed E-state index contributed by atoms with van der Waals surface area (Å²) in [7, 11) is 0. The molecule has 2 unspecified atom stereocenters. The molecule has 2 aliphatic rings. The lowest BCUT2D eigenvalue weighted by molar-refractivity contribution is -0.153. The molecule has 1 N–H and O–H groups in total. The van der Waals surface area contributed by atoms with Crippen molar-refractivity contribution in [3.8, 4) is 0 Å². The van der Waals surface area contributed by atoms with E-state index in [2.05, 4.69) is 38.3 Å². The third-order valence-corrected chi connectivity index (χ3v) is 5.75. The predicted octanol–water partition coefficient (Wildman–Crippen LogP) is 3.21. The number of benzene rings is 2. The van der Waals surface area contributed by atoms with Crippen LogP contribution in [0.5, 0.6) is 0 Å². The first-order chi connectivity index (χ1) is 14.1. The number of aliphatic imine (C=N–C) groups is 1. The molecule has 0 bridgehead atoms. The number of halogens is 1. The average Bonchev–Trinajstić information content (AvgIpc) is 2.73. The number of ether oxygens (including phenoxy) is 1. The fourth-order valence-corrected chi connectivity index (χ4v) is 4.25. The zero-order valence-electron chi connectivity index (χ0n) is 16.1. The molecule has 0 spiro atoms. The van der Waals surface area contributed by atoms with Crippen molar-refractivity contribution in [3.05, 3.63) is 69.7 Å². The monoisotopic (exact) mass is 455 g/mol. The average molecular weight is 456 g/mol. The third kappa shape index (κ3) is 4.05. The first-order valence-electron chi connectivity index (χ1n) is 9.69. The Kier molecular flexibility index (Phi) is 5.67. The van der Waals surface area contributed by atoms with Gasteiger partial charge in [0.25, 0.3) is 0 Å². The maximum Gasteiger partial charge on any atom is 0.321 e. The molecule has 0 aliphatic carbocycles. The second-order valence-corrected chi connectivity index (χ2v) is 8.03. The van der Waals surface area contributed by atoms with E-state index in [0.29, 0.717) is 12.5 Å². The van der Waals surface area contributed by atoms with Crippen LogP contribution >= 0.6 is 15.9 Å². The molecule has 2 aromatic carbocycles. The maximum absolute atomic E-state index is 12.9. The number of rotatable bonds is 3. The summed E-state index contributed by atoms with van der Waals surface area (Å²) in [5.74, 6) is -1.43. The van der Waals surface area contributed by atoms with E-state index in [1.807, 2.05) is 36.4 Å². The second-order valence-electron chi connectivity index (χ2n) is 7.11. The van der Waals surface area contributed by atoms with Crippen molar-refractivity contribution in [3.63, 3.8) is 0 Å². The van der Waals surface area contributed by atoms with Crippen molar-refractivity contribution in [1.29, 1.82) is 0 Å². The molecule has 150 valence electrons. The van der Waals surface area contributed by atoms with Crippen molar-refractivity contribution < 1.29 is 14.3 Å². The number of hydrogen-bond donors (Lipinski definition) is 1. The van der Waals surface area contributed by atoms with Gasteiger partial charge < -0.3 is 9.64 Å². The van der Waals surface area contributed by atoms with Crippen molar-refractivity contribution in [1.82, 2.24) is 10.2 Å². The molecule has 4 rings (SSSR count). The van der Waals surface area contributed by atoms with Gasteiger partial charge >= 0.3 is 5.97 Å². The Hall–Kier alpha value is -2.67. The maximum atomic E-state index is 12.9. The Balaban J connectivity index is 1.69. The summed E-state index contributed by atoms with van der Waals surface area (Å²) in [6.45, 7) is 3.37.